The smallest absolute Gasteiger partial charge is 0.234 e. The number of hydrogen-bond acceptors (Lipinski definition) is 3. The van der Waals surface area contributed by atoms with Crippen LogP contribution in [-0.4, -0.2) is 26.8 Å². The van der Waals surface area contributed by atoms with Crippen LogP contribution in [0.2, 0.25) is 0 Å². The van der Waals surface area contributed by atoms with E-state index in [4.69, 9.17) is 4.79 Å². The van der Waals surface area contributed by atoms with Gasteiger partial charge in [0.25, 0.3) is 0 Å². The molecule has 48 valence electrons. The van der Waals surface area contributed by atoms with Gasteiger partial charge in [-0.15, -0.1) is 0 Å². The van der Waals surface area contributed by atoms with E-state index >= 15 is 0 Å². The predicted octanol–water partition coefficient (Wildman–Crippen LogP) is 0.605. The number of isocyanates is 1. The summed E-state index contributed by atoms with van der Waals surface area (Å²) >= 11 is 0. The fourth-order valence-corrected chi connectivity index (χ4v) is 0. The van der Waals surface area contributed by atoms with Crippen LogP contribution in [0.25, 0.3) is 0 Å². The van der Waals surface area contributed by atoms with Crippen molar-refractivity contribution in [2.24, 2.45) is 4.99 Å². The first-order valence-corrected chi connectivity index (χ1v) is 2.28. The van der Waals surface area contributed by atoms with Crippen molar-refractivity contribution in [3.8, 4) is 0 Å². The fraction of sp³-hybridized carbons (Fsp3) is 0.800. The molecule has 3 heteroatoms. The molecule has 0 rings (SSSR count). The van der Waals surface area contributed by atoms with Crippen molar-refractivity contribution in [3.63, 3.8) is 0 Å². The molecule has 0 aromatic rings. The van der Waals surface area contributed by atoms with Gasteiger partial charge in [0.05, 0.1) is 0 Å². The zero-order valence-corrected chi connectivity index (χ0v) is 5.47. The molecular formula is C5H11NO2. The third kappa shape index (κ3) is 56.0. The van der Waals surface area contributed by atoms with E-state index in [0.717, 1.165) is 6.61 Å². The first-order chi connectivity index (χ1) is 3.83. The first-order valence-electron chi connectivity index (χ1n) is 2.28. The van der Waals surface area contributed by atoms with Crippen LogP contribution in [0.5, 0.6) is 0 Å². The van der Waals surface area contributed by atoms with E-state index in [-0.39, 0.29) is 0 Å². The average molecular weight is 117 g/mol. The Balaban J connectivity index is 0. The van der Waals surface area contributed by atoms with Gasteiger partial charge in [-0.05, 0) is 6.92 Å². The summed E-state index contributed by atoms with van der Waals surface area (Å²) in [5.41, 5.74) is 0. The number of aliphatic imine (C=N–C) groups is 1. The molecule has 0 unspecified atom stereocenters. The number of hydrogen-bond donors (Lipinski definition) is 0. The molecule has 3 nitrogen and oxygen atoms in total. The molecule has 0 aromatic heterocycles. The highest BCUT2D eigenvalue weighted by Gasteiger charge is 1.51. The summed E-state index contributed by atoms with van der Waals surface area (Å²) in [6.07, 6.45) is 1.31. The summed E-state index contributed by atoms with van der Waals surface area (Å²) in [7, 11) is 3.06. The summed E-state index contributed by atoms with van der Waals surface area (Å²) in [6.45, 7) is 2.78. The Hall–Kier alpha value is -0.660. The van der Waals surface area contributed by atoms with Crippen LogP contribution >= 0.6 is 0 Å². The van der Waals surface area contributed by atoms with Gasteiger partial charge in [0.15, 0.2) is 0 Å². The normalized spacial score (nSPS) is 5.88. The summed E-state index contributed by atoms with van der Waals surface area (Å²) in [4.78, 5) is 11.8. The maximum Gasteiger partial charge on any atom is 0.234 e. The third-order valence-corrected chi connectivity index (χ3v) is 0.380. The Morgan fingerprint density at radius 2 is 2.00 bits per heavy atom. The molecule has 0 bridgehead atoms. The molecule has 0 heterocycles. The maximum atomic E-state index is 8.88. The lowest BCUT2D eigenvalue weighted by atomic mass is 10.9. The van der Waals surface area contributed by atoms with Crippen molar-refractivity contribution >= 4 is 6.08 Å². The molecule has 0 spiro atoms. The predicted molar refractivity (Wildman–Crippen MR) is 31.6 cm³/mol. The molecular weight excluding hydrogens is 106 g/mol. The van der Waals surface area contributed by atoms with Gasteiger partial charge in [0.1, 0.15) is 0 Å². The minimum absolute atomic E-state index is 0.819. The monoisotopic (exact) mass is 117 g/mol. The van der Waals surface area contributed by atoms with Crippen LogP contribution in [0.4, 0.5) is 0 Å². The number of methoxy groups -OCH3 is 1. The van der Waals surface area contributed by atoms with E-state index in [1.165, 1.54) is 13.1 Å². The Morgan fingerprint density at radius 1 is 1.75 bits per heavy atom. The van der Waals surface area contributed by atoms with Gasteiger partial charge in [-0.2, -0.15) is 0 Å². The number of nitrogens with zero attached hydrogens (tertiary/aromatic N) is 1. The summed E-state index contributed by atoms with van der Waals surface area (Å²) in [5.74, 6) is 0. The first kappa shape index (κ1) is 10.3. The lowest BCUT2D eigenvalue weighted by Gasteiger charge is -1.76. The summed E-state index contributed by atoms with van der Waals surface area (Å²) in [6, 6.07) is 0. The minimum Gasteiger partial charge on any atom is -0.385 e. The van der Waals surface area contributed by atoms with Crippen LogP contribution in [0.15, 0.2) is 4.99 Å². The second-order valence-electron chi connectivity index (χ2n) is 0.892. The number of carbonyl (C=O) groups excluding carboxylic acids is 1. The highest BCUT2D eigenvalue weighted by Crippen LogP contribution is 1.52. The average Bonchev–Trinajstić information content (AvgIpc) is 1.88. The number of rotatable bonds is 1. The van der Waals surface area contributed by atoms with Gasteiger partial charge < -0.3 is 4.74 Å². The molecule has 0 N–H and O–H groups in total. The minimum atomic E-state index is 0.819. The maximum absolute atomic E-state index is 8.88. The molecule has 0 saturated heterocycles. The van der Waals surface area contributed by atoms with Crippen molar-refractivity contribution < 1.29 is 9.53 Å². The van der Waals surface area contributed by atoms with E-state index in [9.17, 15) is 0 Å². The van der Waals surface area contributed by atoms with Crippen molar-refractivity contribution in [2.45, 2.75) is 6.92 Å². The molecule has 0 atom stereocenters. The van der Waals surface area contributed by atoms with Gasteiger partial charge in [-0.25, -0.2) is 9.79 Å². The molecule has 0 saturated carbocycles. The SMILES string of the molecule is CCOC.CN=C=O. The van der Waals surface area contributed by atoms with E-state index in [1.807, 2.05) is 6.92 Å². The molecule has 8 heavy (non-hydrogen) atoms. The van der Waals surface area contributed by atoms with E-state index in [2.05, 4.69) is 9.73 Å². The molecule has 0 aliphatic heterocycles. The summed E-state index contributed by atoms with van der Waals surface area (Å²) < 4.78 is 4.54. The van der Waals surface area contributed by atoms with E-state index in [0.29, 0.717) is 0 Å². The molecule has 0 aliphatic carbocycles. The van der Waals surface area contributed by atoms with Gasteiger partial charge >= 0.3 is 0 Å². The molecule has 0 aromatic carbocycles. The lowest BCUT2D eigenvalue weighted by molar-refractivity contribution is 0.215. The summed E-state index contributed by atoms with van der Waals surface area (Å²) in [5, 5.41) is 0. The van der Waals surface area contributed by atoms with Gasteiger partial charge in [-0.1, -0.05) is 0 Å². The van der Waals surface area contributed by atoms with Gasteiger partial charge in [-0.3, -0.25) is 0 Å². The second-order valence-corrected chi connectivity index (χ2v) is 0.892. The Kier molecular flexibility index (Phi) is 21.0. The van der Waals surface area contributed by atoms with Crippen molar-refractivity contribution in [1.82, 2.24) is 0 Å². The highest BCUT2D eigenvalue weighted by molar-refractivity contribution is 5.32. The third-order valence-electron chi connectivity index (χ3n) is 0.380. The van der Waals surface area contributed by atoms with Crippen molar-refractivity contribution in [1.29, 1.82) is 0 Å². The standard InChI is InChI=1S/C3H8O.C2H3NO/c1-3-4-2;1-3-2-4/h3H2,1-2H3;1H3. The lowest BCUT2D eigenvalue weighted by Crippen LogP contribution is -1.73. The van der Waals surface area contributed by atoms with E-state index < -0.39 is 0 Å². The molecule has 0 amide bonds. The Morgan fingerprint density at radius 3 is 2.00 bits per heavy atom. The number of ether oxygens (including phenoxy) is 1. The highest BCUT2D eigenvalue weighted by atomic mass is 16.5. The zero-order chi connectivity index (χ0) is 6.83. The van der Waals surface area contributed by atoms with E-state index in [1.54, 1.807) is 7.11 Å². The Bertz CT molecular complexity index is 64.8. The quantitative estimate of drug-likeness (QED) is 0.372. The molecule has 0 aliphatic rings. The van der Waals surface area contributed by atoms with Gasteiger partial charge in [0.2, 0.25) is 6.08 Å². The van der Waals surface area contributed by atoms with Gasteiger partial charge in [0, 0.05) is 20.8 Å². The van der Waals surface area contributed by atoms with Crippen molar-refractivity contribution in [3.05, 3.63) is 0 Å². The van der Waals surface area contributed by atoms with Crippen LogP contribution in [0.1, 0.15) is 6.92 Å². The van der Waals surface area contributed by atoms with Crippen molar-refractivity contribution in [2.75, 3.05) is 20.8 Å². The van der Waals surface area contributed by atoms with Crippen LogP contribution in [0, 0.1) is 0 Å². The topological polar surface area (TPSA) is 38.7 Å². The van der Waals surface area contributed by atoms with Crippen LogP contribution in [-0.2, 0) is 9.53 Å². The molecule has 0 fully saturated rings. The fourth-order valence-electron chi connectivity index (χ4n) is 0. The van der Waals surface area contributed by atoms with Crippen LogP contribution in [0.3, 0.4) is 0 Å². The zero-order valence-electron chi connectivity index (χ0n) is 5.47. The Labute approximate surface area is 49.4 Å². The van der Waals surface area contributed by atoms with Crippen LogP contribution < -0.4 is 0 Å². The molecule has 0 radical (unpaired) electrons. The largest absolute Gasteiger partial charge is 0.385 e. The second kappa shape index (κ2) is 16.2.